The van der Waals surface area contributed by atoms with Crippen LogP contribution in [-0.2, 0) is 9.53 Å². The first kappa shape index (κ1) is 14.5. The molecular formula is C21H17NO2. The quantitative estimate of drug-likeness (QED) is 0.659. The Morgan fingerprint density at radius 3 is 2.33 bits per heavy atom. The van der Waals surface area contributed by atoms with Gasteiger partial charge in [0.25, 0.3) is 0 Å². The van der Waals surface area contributed by atoms with Crippen molar-refractivity contribution in [3.8, 4) is 0 Å². The van der Waals surface area contributed by atoms with Crippen LogP contribution in [0.4, 0.5) is 5.69 Å². The molecule has 3 nitrogen and oxygen atoms in total. The van der Waals surface area contributed by atoms with Crippen LogP contribution < -0.4 is 4.90 Å². The number of nitrogens with zero attached hydrogens (tertiary/aromatic N) is 1. The highest BCUT2D eigenvalue weighted by Gasteiger charge is 2.30. The standard InChI is InChI=1S/C21H17NO2/c1-22-17-13-7-11-14-10-6-12-16(18(14)17)19(21(23)24-2)20(22)15-8-4-3-5-9-15/h3-13H,1-2H3. The van der Waals surface area contributed by atoms with Crippen molar-refractivity contribution >= 4 is 33.7 Å². The van der Waals surface area contributed by atoms with E-state index in [2.05, 4.69) is 23.1 Å². The third-order valence-corrected chi connectivity index (χ3v) is 4.52. The van der Waals surface area contributed by atoms with Gasteiger partial charge in [-0.15, -0.1) is 0 Å². The van der Waals surface area contributed by atoms with E-state index in [-0.39, 0.29) is 5.97 Å². The number of ether oxygens (including phenoxy) is 1. The van der Waals surface area contributed by atoms with Crippen molar-refractivity contribution < 1.29 is 9.53 Å². The molecule has 1 aliphatic rings. The van der Waals surface area contributed by atoms with Crippen molar-refractivity contribution in [1.82, 2.24) is 0 Å². The summed E-state index contributed by atoms with van der Waals surface area (Å²) in [6.07, 6.45) is 0. The highest BCUT2D eigenvalue weighted by molar-refractivity contribution is 6.32. The molecule has 118 valence electrons. The van der Waals surface area contributed by atoms with E-state index >= 15 is 0 Å². The maximum absolute atomic E-state index is 12.6. The molecule has 0 saturated heterocycles. The first-order valence-electron chi connectivity index (χ1n) is 7.86. The van der Waals surface area contributed by atoms with Crippen LogP contribution in [0.3, 0.4) is 0 Å². The molecule has 0 bridgehead atoms. The van der Waals surface area contributed by atoms with E-state index in [0.29, 0.717) is 5.57 Å². The summed E-state index contributed by atoms with van der Waals surface area (Å²) in [7, 11) is 3.43. The molecular weight excluding hydrogens is 298 g/mol. The number of hydrogen-bond donors (Lipinski definition) is 0. The lowest BCUT2D eigenvalue weighted by molar-refractivity contribution is -0.133. The molecule has 0 N–H and O–H groups in total. The Morgan fingerprint density at radius 1 is 0.917 bits per heavy atom. The number of benzene rings is 3. The lowest BCUT2D eigenvalue weighted by Crippen LogP contribution is -2.24. The fourth-order valence-electron chi connectivity index (χ4n) is 3.47. The van der Waals surface area contributed by atoms with E-state index in [1.807, 2.05) is 55.6 Å². The minimum Gasteiger partial charge on any atom is -0.465 e. The third kappa shape index (κ3) is 2.02. The molecule has 0 fully saturated rings. The van der Waals surface area contributed by atoms with Gasteiger partial charge in [0.15, 0.2) is 0 Å². The van der Waals surface area contributed by atoms with Crippen LogP contribution in [0, 0.1) is 0 Å². The van der Waals surface area contributed by atoms with Crippen molar-refractivity contribution in [3.63, 3.8) is 0 Å². The highest BCUT2D eigenvalue weighted by Crippen LogP contribution is 2.44. The van der Waals surface area contributed by atoms with Gasteiger partial charge in [-0.05, 0) is 17.0 Å². The summed E-state index contributed by atoms with van der Waals surface area (Å²) in [5.74, 6) is -0.317. The fourth-order valence-corrected chi connectivity index (χ4v) is 3.47. The predicted molar refractivity (Wildman–Crippen MR) is 97.6 cm³/mol. The molecule has 0 saturated carbocycles. The summed E-state index contributed by atoms with van der Waals surface area (Å²) in [5.41, 5.74) is 4.48. The number of carbonyl (C=O) groups is 1. The summed E-state index contributed by atoms with van der Waals surface area (Å²) in [4.78, 5) is 14.7. The molecule has 24 heavy (non-hydrogen) atoms. The smallest absolute Gasteiger partial charge is 0.340 e. The second kappa shape index (κ2) is 5.53. The zero-order valence-electron chi connectivity index (χ0n) is 13.6. The van der Waals surface area contributed by atoms with Crippen LogP contribution in [0.15, 0.2) is 66.7 Å². The van der Waals surface area contributed by atoms with Gasteiger partial charge in [0.1, 0.15) is 0 Å². The van der Waals surface area contributed by atoms with Crippen LogP contribution in [-0.4, -0.2) is 20.1 Å². The van der Waals surface area contributed by atoms with Crippen LogP contribution in [0.25, 0.3) is 22.0 Å². The number of anilines is 1. The number of hydrogen-bond acceptors (Lipinski definition) is 3. The van der Waals surface area contributed by atoms with Gasteiger partial charge < -0.3 is 9.64 Å². The van der Waals surface area contributed by atoms with Crippen molar-refractivity contribution in [2.75, 3.05) is 19.1 Å². The third-order valence-electron chi connectivity index (χ3n) is 4.52. The Labute approximate surface area is 140 Å². The summed E-state index contributed by atoms with van der Waals surface area (Å²) >= 11 is 0. The van der Waals surface area contributed by atoms with Crippen LogP contribution in [0.5, 0.6) is 0 Å². The maximum atomic E-state index is 12.6. The second-order valence-electron chi connectivity index (χ2n) is 5.82. The predicted octanol–water partition coefficient (Wildman–Crippen LogP) is 4.33. The average molecular weight is 315 g/mol. The Morgan fingerprint density at radius 2 is 1.62 bits per heavy atom. The normalized spacial score (nSPS) is 13.3. The van der Waals surface area contributed by atoms with E-state index in [9.17, 15) is 4.79 Å². The Bertz CT molecular complexity index is 968. The summed E-state index contributed by atoms with van der Waals surface area (Å²) in [6.45, 7) is 0. The largest absolute Gasteiger partial charge is 0.465 e. The van der Waals surface area contributed by atoms with Crippen molar-refractivity contribution in [2.45, 2.75) is 0 Å². The molecule has 0 unspecified atom stereocenters. The monoisotopic (exact) mass is 315 g/mol. The highest BCUT2D eigenvalue weighted by atomic mass is 16.5. The SMILES string of the molecule is COC(=O)C1=C(c2ccccc2)N(C)c2cccc3cccc1c23. The summed E-state index contributed by atoms with van der Waals surface area (Å²) in [5, 5.41) is 2.20. The molecule has 0 amide bonds. The number of methoxy groups -OCH3 is 1. The van der Waals surface area contributed by atoms with Gasteiger partial charge >= 0.3 is 5.97 Å². The van der Waals surface area contributed by atoms with Gasteiger partial charge in [-0.1, -0.05) is 60.7 Å². The van der Waals surface area contributed by atoms with E-state index in [1.165, 1.54) is 7.11 Å². The molecule has 0 aliphatic carbocycles. The molecule has 3 heteroatoms. The minimum atomic E-state index is -0.317. The molecule has 3 aromatic carbocycles. The molecule has 0 radical (unpaired) electrons. The molecule has 3 aromatic rings. The number of carbonyl (C=O) groups excluding carboxylic acids is 1. The maximum Gasteiger partial charge on any atom is 0.340 e. The Hall–Kier alpha value is -3.07. The lowest BCUT2D eigenvalue weighted by atomic mass is 9.89. The van der Waals surface area contributed by atoms with Gasteiger partial charge in [0.05, 0.1) is 18.4 Å². The number of rotatable bonds is 2. The molecule has 0 atom stereocenters. The minimum absolute atomic E-state index is 0.317. The van der Waals surface area contributed by atoms with Crippen molar-refractivity contribution in [2.24, 2.45) is 0 Å². The molecule has 0 spiro atoms. The van der Waals surface area contributed by atoms with Crippen LogP contribution in [0.2, 0.25) is 0 Å². The average Bonchev–Trinajstić information content (AvgIpc) is 2.64. The zero-order chi connectivity index (χ0) is 16.7. The molecule has 1 heterocycles. The Kier molecular flexibility index (Phi) is 3.35. The van der Waals surface area contributed by atoms with E-state index in [0.717, 1.165) is 33.3 Å². The zero-order valence-corrected chi connectivity index (χ0v) is 13.6. The summed E-state index contributed by atoms with van der Waals surface area (Å²) < 4.78 is 5.11. The lowest BCUT2D eigenvalue weighted by Gasteiger charge is -2.32. The fraction of sp³-hybridized carbons (Fsp3) is 0.0952. The van der Waals surface area contributed by atoms with Crippen molar-refractivity contribution in [1.29, 1.82) is 0 Å². The first-order chi connectivity index (χ1) is 11.7. The van der Waals surface area contributed by atoms with E-state index in [4.69, 9.17) is 4.74 Å². The van der Waals surface area contributed by atoms with Crippen molar-refractivity contribution in [3.05, 3.63) is 77.9 Å². The molecule has 4 rings (SSSR count). The number of esters is 1. The topological polar surface area (TPSA) is 29.5 Å². The van der Waals surface area contributed by atoms with Gasteiger partial charge in [0.2, 0.25) is 0 Å². The van der Waals surface area contributed by atoms with Gasteiger partial charge in [-0.25, -0.2) is 4.79 Å². The first-order valence-corrected chi connectivity index (χ1v) is 7.86. The van der Waals surface area contributed by atoms with E-state index < -0.39 is 0 Å². The summed E-state index contributed by atoms with van der Waals surface area (Å²) in [6, 6.07) is 22.2. The van der Waals surface area contributed by atoms with Gasteiger partial charge in [0, 0.05) is 23.7 Å². The van der Waals surface area contributed by atoms with Gasteiger partial charge in [-0.3, -0.25) is 0 Å². The molecule has 1 aliphatic heterocycles. The van der Waals surface area contributed by atoms with Crippen LogP contribution >= 0.6 is 0 Å². The van der Waals surface area contributed by atoms with Gasteiger partial charge in [-0.2, -0.15) is 0 Å². The molecule has 0 aromatic heterocycles. The van der Waals surface area contributed by atoms with E-state index in [1.54, 1.807) is 0 Å². The van der Waals surface area contributed by atoms with Crippen LogP contribution in [0.1, 0.15) is 11.1 Å². The second-order valence-corrected chi connectivity index (χ2v) is 5.82. The Balaban J connectivity index is 2.13.